The predicted molar refractivity (Wildman–Crippen MR) is 65.4 cm³/mol. The van der Waals surface area contributed by atoms with Gasteiger partial charge in [0.15, 0.2) is 0 Å². The zero-order valence-electron chi connectivity index (χ0n) is 9.73. The maximum Gasteiger partial charge on any atom is 0.217 e. The van der Waals surface area contributed by atoms with E-state index in [1.165, 1.54) is 12.5 Å². The molecular weight excluding hydrogens is 214 g/mol. The van der Waals surface area contributed by atoms with Crippen LogP contribution in [-0.4, -0.2) is 15.9 Å². The molecule has 1 aromatic carbocycles. The largest absolute Gasteiger partial charge is 0.351 e. The predicted octanol–water partition coefficient (Wildman–Crippen LogP) is 1.64. The Morgan fingerprint density at radius 2 is 2.12 bits per heavy atom. The summed E-state index contributed by atoms with van der Waals surface area (Å²) < 4.78 is 0. The van der Waals surface area contributed by atoms with Crippen molar-refractivity contribution >= 4 is 5.91 Å². The molecule has 0 saturated carbocycles. The highest BCUT2D eigenvalue weighted by molar-refractivity contribution is 5.72. The number of imidazole rings is 1. The van der Waals surface area contributed by atoms with Crippen molar-refractivity contribution in [3.05, 3.63) is 53.6 Å². The molecule has 0 aliphatic rings. The summed E-state index contributed by atoms with van der Waals surface area (Å²) in [6, 6.07) is 10.1. The summed E-state index contributed by atoms with van der Waals surface area (Å²) >= 11 is 0. The van der Waals surface area contributed by atoms with E-state index in [9.17, 15) is 4.79 Å². The lowest BCUT2D eigenvalue weighted by molar-refractivity contribution is -0.119. The summed E-state index contributed by atoms with van der Waals surface area (Å²) in [4.78, 5) is 18.2. The molecular formula is C13H15N3O. The molecule has 0 spiro atoms. The molecule has 2 aromatic rings. The third-order valence-corrected chi connectivity index (χ3v) is 2.54. The molecule has 4 nitrogen and oxygen atoms in total. The van der Waals surface area contributed by atoms with Gasteiger partial charge in [0.05, 0.1) is 24.3 Å². The van der Waals surface area contributed by atoms with Gasteiger partial charge in [-0.15, -0.1) is 0 Å². The second-order valence-corrected chi connectivity index (χ2v) is 3.90. The third kappa shape index (κ3) is 3.17. The first kappa shape index (κ1) is 11.4. The van der Waals surface area contributed by atoms with Crippen LogP contribution in [0.2, 0.25) is 0 Å². The van der Waals surface area contributed by atoms with E-state index in [0.29, 0.717) is 6.54 Å². The topological polar surface area (TPSA) is 57.8 Å². The highest BCUT2D eigenvalue weighted by atomic mass is 16.1. The summed E-state index contributed by atoms with van der Waals surface area (Å²) in [5.74, 6) is -0.0368. The van der Waals surface area contributed by atoms with E-state index in [4.69, 9.17) is 0 Å². The molecule has 2 rings (SSSR count). The Bertz CT molecular complexity index is 490. The molecule has 17 heavy (non-hydrogen) atoms. The third-order valence-electron chi connectivity index (χ3n) is 2.54. The SMILES string of the molecule is CC(=O)NCc1[nH]cnc1Cc1ccccc1. The minimum absolute atomic E-state index is 0.0368. The van der Waals surface area contributed by atoms with E-state index >= 15 is 0 Å². The number of H-pyrrole nitrogens is 1. The van der Waals surface area contributed by atoms with Crippen LogP contribution in [0, 0.1) is 0 Å². The van der Waals surface area contributed by atoms with Gasteiger partial charge in [-0.2, -0.15) is 0 Å². The van der Waals surface area contributed by atoms with Crippen molar-refractivity contribution in [3.63, 3.8) is 0 Å². The lowest BCUT2D eigenvalue weighted by Gasteiger charge is -2.03. The molecule has 4 heteroatoms. The van der Waals surface area contributed by atoms with Crippen molar-refractivity contribution < 1.29 is 4.79 Å². The minimum Gasteiger partial charge on any atom is -0.351 e. The van der Waals surface area contributed by atoms with E-state index in [1.54, 1.807) is 6.33 Å². The highest BCUT2D eigenvalue weighted by Gasteiger charge is 2.06. The average molecular weight is 229 g/mol. The number of nitrogens with zero attached hydrogens (tertiary/aromatic N) is 1. The van der Waals surface area contributed by atoms with Gasteiger partial charge < -0.3 is 10.3 Å². The molecule has 0 saturated heterocycles. The summed E-state index contributed by atoms with van der Waals surface area (Å²) in [5, 5.41) is 2.76. The maximum absolute atomic E-state index is 10.9. The molecule has 0 bridgehead atoms. The van der Waals surface area contributed by atoms with Crippen molar-refractivity contribution in [3.8, 4) is 0 Å². The van der Waals surface area contributed by atoms with E-state index in [-0.39, 0.29) is 5.91 Å². The number of rotatable bonds is 4. The Morgan fingerprint density at radius 3 is 2.82 bits per heavy atom. The number of aromatic nitrogens is 2. The van der Waals surface area contributed by atoms with Gasteiger partial charge in [-0.1, -0.05) is 30.3 Å². The summed E-state index contributed by atoms with van der Waals surface area (Å²) in [7, 11) is 0. The quantitative estimate of drug-likeness (QED) is 0.837. The second kappa shape index (κ2) is 5.30. The first-order valence-corrected chi connectivity index (χ1v) is 5.55. The van der Waals surface area contributed by atoms with Gasteiger partial charge in [-0.05, 0) is 5.56 Å². The number of carbonyl (C=O) groups excluding carboxylic acids is 1. The Kier molecular flexibility index (Phi) is 3.55. The Morgan fingerprint density at radius 1 is 1.35 bits per heavy atom. The van der Waals surface area contributed by atoms with Crippen LogP contribution in [-0.2, 0) is 17.8 Å². The molecule has 0 radical (unpaired) electrons. The number of benzene rings is 1. The molecule has 0 atom stereocenters. The summed E-state index contributed by atoms with van der Waals surface area (Å²) in [5.41, 5.74) is 3.15. The van der Waals surface area contributed by atoms with Crippen LogP contribution in [0.1, 0.15) is 23.9 Å². The Hall–Kier alpha value is -2.10. The van der Waals surface area contributed by atoms with Crippen molar-refractivity contribution in [1.82, 2.24) is 15.3 Å². The molecule has 2 N–H and O–H groups in total. The van der Waals surface area contributed by atoms with E-state index in [1.807, 2.05) is 18.2 Å². The molecule has 0 aliphatic heterocycles. The number of nitrogens with one attached hydrogen (secondary N) is 2. The highest BCUT2D eigenvalue weighted by Crippen LogP contribution is 2.10. The fourth-order valence-corrected chi connectivity index (χ4v) is 1.66. The normalized spacial score (nSPS) is 10.2. The minimum atomic E-state index is -0.0368. The van der Waals surface area contributed by atoms with Gasteiger partial charge in [0.25, 0.3) is 0 Å². The van der Waals surface area contributed by atoms with E-state index < -0.39 is 0 Å². The molecule has 0 unspecified atom stereocenters. The van der Waals surface area contributed by atoms with Crippen LogP contribution in [0.4, 0.5) is 0 Å². The van der Waals surface area contributed by atoms with Crippen LogP contribution in [0.15, 0.2) is 36.7 Å². The Labute approximate surface area is 100 Å². The van der Waals surface area contributed by atoms with Crippen LogP contribution >= 0.6 is 0 Å². The number of aromatic amines is 1. The monoisotopic (exact) mass is 229 g/mol. The summed E-state index contributed by atoms with van der Waals surface area (Å²) in [6.45, 7) is 2.00. The molecule has 88 valence electrons. The van der Waals surface area contributed by atoms with Crippen molar-refractivity contribution in [2.75, 3.05) is 0 Å². The van der Waals surface area contributed by atoms with E-state index in [2.05, 4.69) is 27.4 Å². The zero-order valence-corrected chi connectivity index (χ0v) is 9.73. The van der Waals surface area contributed by atoms with Crippen LogP contribution in [0.3, 0.4) is 0 Å². The maximum atomic E-state index is 10.9. The van der Waals surface area contributed by atoms with Crippen molar-refractivity contribution in [2.45, 2.75) is 19.9 Å². The fourth-order valence-electron chi connectivity index (χ4n) is 1.66. The first-order chi connectivity index (χ1) is 8.25. The van der Waals surface area contributed by atoms with Gasteiger partial charge in [0.2, 0.25) is 5.91 Å². The lowest BCUT2D eigenvalue weighted by atomic mass is 10.1. The number of hydrogen-bond acceptors (Lipinski definition) is 2. The van der Waals surface area contributed by atoms with Gasteiger partial charge >= 0.3 is 0 Å². The number of amides is 1. The van der Waals surface area contributed by atoms with Gasteiger partial charge in [0, 0.05) is 13.3 Å². The van der Waals surface area contributed by atoms with Crippen LogP contribution < -0.4 is 5.32 Å². The summed E-state index contributed by atoms with van der Waals surface area (Å²) in [6.07, 6.45) is 2.44. The first-order valence-electron chi connectivity index (χ1n) is 5.55. The van der Waals surface area contributed by atoms with Crippen LogP contribution in [0.25, 0.3) is 0 Å². The van der Waals surface area contributed by atoms with Gasteiger partial charge in [-0.25, -0.2) is 4.98 Å². The van der Waals surface area contributed by atoms with Gasteiger partial charge in [0.1, 0.15) is 0 Å². The standard InChI is InChI=1S/C13H15N3O/c1-10(17)14-8-13-12(15-9-16-13)7-11-5-3-2-4-6-11/h2-6,9H,7-8H2,1H3,(H,14,17)(H,15,16). The van der Waals surface area contributed by atoms with E-state index in [0.717, 1.165) is 17.8 Å². The fraction of sp³-hybridized carbons (Fsp3) is 0.231. The number of hydrogen-bond donors (Lipinski definition) is 2. The molecule has 1 heterocycles. The Balaban J connectivity index is 2.06. The zero-order chi connectivity index (χ0) is 12.1. The lowest BCUT2D eigenvalue weighted by Crippen LogP contribution is -2.20. The van der Waals surface area contributed by atoms with Gasteiger partial charge in [-0.3, -0.25) is 4.79 Å². The molecule has 0 aliphatic carbocycles. The second-order valence-electron chi connectivity index (χ2n) is 3.90. The molecule has 1 aromatic heterocycles. The van der Waals surface area contributed by atoms with Crippen LogP contribution in [0.5, 0.6) is 0 Å². The van der Waals surface area contributed by atoms with Crippen molar-refractivity contribution in [2.24, 2.45) is 0 Å². The average Bonchev–Trinajstić information content (AvgIpc) is 2.75. The number of carbonyl (C=O) groups is 1. The molecule has 1 amide bonds. The molecule has 0 fully saturated rings. The van der Waals surface area contributed by atoms with Crippen molar-refractivity contribution in [1.29, 1.82) is 0 Å². The smallest absolute Gasteiger partial charge is 0.217 e.